The first-order valence-corrected chi connectivity index (χ1v) is 13.6. The highest BCUT2D eigenvalue weighted by molar-refractivity contribution is 7.90. The van der Waals surface area contributed by atoms with E-state index in [0.717, 1.165) is 27.1 Å². The molecule has 27 heavy (non-hydrogen) atoms. The number of hydrogen-bond donors (Lipinski definition) is 0. The monoisotopic (exact) mass is 397 g/mol. The molecule has 2 heterocycles. The van der Waals surface area contributed by atoms with Crippen LogP contribution in [0.4, 0.5) is 0 Å². The van der Waals surface area contributed by atoms with Crippen molar-refractivity contribution >= 4 is 30.4 Å². The highest BCUT2D eigenvalue weighted by atomic mass is 32.2. The maximum Gasteiger partial charge on any atom is 0.250 e. The number of hydrogen-bond acceptors (Lipinski definition) is 2. The van der Waals surface area contributed by atoms with Crippen LogP contribution in [-0.4, -0.2) is 17.4 Å². The van der Waals surface area contributed by atoms with Crippen molar-refractivity contribution in [3.63, 3.8) is 0 Å². The quantitative estimate of drug-likeness (QED) is 0.402. The maximum absolute atomic E-state index is 12.8. The van der Waals surface area contributed by atoms with Gasteiger partial charge < -0.3 is 13.5 Å². The van der Waals surface area contributed by atoms with E-state index >= 15 is 0 Å². The van der Waals surface area contributed by atoms with Crippen molar-refractivity contribution in [2.45, 2.75) is 49.6 Å². The molecule has 0 aliphatic carbocycles. The van der Waals surface area contributed by atoms with Crippen LogP contribution in [0.1, 0.15) is 26.3 Å². The summed E-state index contributed by atoms with van der Waals surface area (Å²) in [4.78, 5) is 0.939. The molecule has 142 valence electrons. The van der Waals surface area contributed by atoms with E-state index in [-0.39, 0.29) is 5.04 Å². The van der Waals surface area contributed by atoms with Crippen LogP contribution in [0.3, 0.4) is 0 Å². The number of nitrogens with zero attached hydrogens (tertiary/aromatic N) is 1. The van der Waals surface area contributed by atoms with Crippen molar-refractivity contribution in [1.82, 2.24) is 4.57 Å². The summed E-state index contributed by atoms with van der Waals surface area (Å²) in [7, 11) is 0.198. The molecule has 0 fully saturated rings. The van der Waals surface area contributed by atoms with E-state index in [0.29, 0.717) is 5.75 Å². The summed E-state index contributed by atoms with van der Waals surface area (Å²) < 4.78 is 21.6. The summed E-state index contributed by atoms with van der Waals surface area (Å²) in [5.74, 6) is 1.49. The summed E-state index contributed by atoms with van der Waals surface area (Å²) in [6.07, 6.45) is 0. The lowest BCUT2D eigenvalue weighted by Crippen LogP contribution is -2.43. The van der Waals surface area contributed by atoms with Gasteiger partial charge in [0.2, 0.25) is 8.32 Å². The van der Waals surface area contributed by atoms with E-state index < -0.39 is 19.5 Å². The van der Waals surface area contributed by atoms with Crippen molar-refractivity contribution in [2.24, 2.45) is 7.05 Å². The van der Waals surface area contributed by atoms with Crippen LogP contribution < -0.4 is 4.43 Å². The van der Waals surface area contributed by atoms with Gasteiger partial charge in [0.15, 0.2) is 4.90 Å². The van der Waals surface area contributed by atoms with Gasteiger partial charge in [-0.1, -0.05) is 32.9 Å². The molecule has 3 aromatic rings. The Kier molecular flexibility index (Phi) is 4.26. The second kappa shape index (κ2) is 6.16. The number of fused-ring (bicyclic) bond motifs is 5. The summed E-state index contributed by atoms with van der Waals surface area (Å²) in [5, 5.41) is 1.31. The smallest absolute Gasteiger partial charge is 0.250 e. The molecular weight excluding hydrogens is 370 g/mol. The standard InChI is InChI=1S/C22H27NO2SSi/c1-22(2,3)27(5,6)25-15-11-12-19-17(13-15)18-14-26(24)20-10-8-7-9-16(20)21(18)23(19)4/h7-13H,14H2,1-6H3. The van der Waals surface area contributed by atoms with Gasteiger partial charge in [0.1, 0.15) is 11.5 Å². The SMILES string of the molecule is Cn1c2c(c3cc(O[Si](C)(C)C(C)(C)C)ccc31)C[S+]([O-])c1ccccc1-2. The van der Waals surface area contributed by atoms with Gasteiger partial charge in [0, 0.05) is 23.5 Å². The van der Waals surface area contributed by atoms with Crippen LogP contribution in [-0.2, 0) is 24.0 Å². The molecule has 1 atom stereocenters. The lowest BCUT2D eigenvalue weighted by atomic mass is 10.1. The normalized spacial score (nSPS) is 16.9. The summed E-state index contributed by atoms with van der Waals surface area (Å²) >= 11 is -1.00. The molecule has 0 saturated heterocycles. The molecule has 1 aliphatic heterocycles. The fourth-order valence-corrected chi connectivity index (χ4v) is 5.94. The van der Waals surface area contributed by atoms with E-state index in [2.05, 4.69) is 69.7 Å². The topological polar surface area (TPSA) is 37.2 Å². The summed E-state index contributed by atoms with van der Waals surface area (Å²) in [6.45, 7) is 11.3. The van der Waals surface area contributed by atoms with Gasteiger partial charge in [0.05, 0.1) is 11.3 Å². The molecule has 5 heteroatoms. The molecule has 0 spiro atoms. The van der Waals surface area contributed by atoms with Gasteiger partial charge in [-0.3, -0.25) is 0 Å². The third-order valence-corrected chi connectivity index (χ3v) is 11.9. The molecule has 3 nitrogen and oxygen atoms in total. The zero-order valence-corrected chi connectivity index (χ0v) is 18.7. The molecule has 1 aromatic heterocycles. The van der Waals surface area contributed by atoms with E-state index in [9.17, 15) is 4.55 Å². The Bertz CT molecular complexity index is 1030. The fourth-order valence-electron chi connectivity index (χ4n) is 3.57. The Morgan fingerprint density at radius 3 is 2.52 bits per heavy atom. The Balaban J connectivity index is 1.87. The van der Waals surface area contributed by atoms with Crippen LogP contribution in [0.15, 0.2) is 47.4 Å². The first kappa shape index (κ1) is 18.7. The molecule has 0 bridgehead atoms. The Morgan fingerprint density at radius 1 is 1.11 bits per heavy atom. The molecule has 0 amide bonds. The third-order valence-electron chi connectivity index (χ3n) is 6.12. The average Bonchev–Trinajstić information content (AvgIpc) is 2.86. The highest BCUT2D eigenvalue weighted by Gasteiger charge is 2.39. The number of rotatable bonds is 2. The largest absolute Gasteiger partial charge is 0.611 e. The second-order valence-corrected chi connectivity index (χ2v) is 15.1. The van der Waals surface area contributed by atoms with Crippen molar-refractivity contribution in [3.8, 4) is 17.0 Å². The molecule has 0 saturated carbocycles. The lowest BCUT2D eigenvalue weighted by molar-refractivity contribution is 0.493. The average molecular weight is 398 g/mol. The van der Waals surface area contributed by atoms with Gasteiger partial charge in [-0.2, -0.15) is 0 Å². The Labute approximate surface area is 165 Å². The molecule has 0 radical (unpaired) electrons. The van der Waals surface area contributed by atoms with Crippen LogP contribution in [0.5, 0.6) is 5.75 Å². The van der Waals surface area contributed by atoms with Crippen LogP contribution >= 0.6 is 0 Å². The van der Waals surface area contributed by atoms with Crippen LogP contribution in [0.25, 0.3) is 22.2 Å². The zero-order chi connectivity index (χ0) is 19.6. The lowest BCUT2D eigenvalue weighted by Gasteiger charge is -2.36. The maximum atomic E-state index is 12.8. The van der Waals surface area contributed by atoms with Gasteiger partial charge in [-0.15, -0.1) is 0 Å². The number of benzene rings is 2. The van der Waals surface area contributed by atoms with Crippen LogP contribution in [0.2, 0.25) is 18.1 Å². The molecular formula is C22H27NO2SSi. The highest BCUT2D eigenvalue weighted by Crippen LogP contribution is 2.44. The van der Waals surface area contributed by atoms with Crippen molar-refractivity contribution < 1.29 is 8.98 Å². The minimum Gasteiger partial charge on any atom is -0.611 e. The second-order valence-electron chi connectivity index (χ2n) is 8.91. The van der Waals surface area contributed by atoms with Gasteiger partial charge in [0.25, 0.3) is 0 Å². The first-order valence-electron chi connectivity index (χ1n) is 9.38. The Morgan fingerprint density at radius 2 is 1.81 bits per heavy atom. The third kappa shape index (κ3) is 2.92. The predicted octanol–water partition coefficient (Wildman–Crippen LogP) is 5.85. The van der Waals surface area contributed by atoms with Crippen molar-refractivity contribution in [3.05, 3.63) is 48.0 Å². The van der Waals surface area contributed by atoms with E-state index in [1.165, 1.54) is 11.3 Å². The minimum atomic E-state index is -1.90. The van der Waals surface area contributed by atoms with E-state index in [4.69, 9.17) is 4.43 Å². The van der Waals surface area contributed by atoms with Gasteiger partial charge in [-0.25, -0.2) is 0 Å². The molecule has 0 N–H and O–H groups in total. The van der Waals surface area contributed by atoms with Crippen LogP contribution in [0, 0.1) is 0 Å². The fraction of sp³-hybridized carbons (Fsp3) is 0.364. The van der Waals surface area contributed by atoms with Gasteiger partial charge in [-0.05, 0) is 59.6 Å². The Hall–Kier alpha value is -1.69. The number of aromatic nitrogens is 1. The van der Waals surface area contributed by atoms with Gasteiger partial charge >= 0.3 is 0 Å². The van der Waals surface area contributed by atoms with Crippen molar-refractivity contribution in [2.75, 3.05) is 0 Å². The molecule has 1 unspecified atom stereocenters. The van der Waals surface area contributed by atoms with Crippen molar-refractivity contribution in [1.29, 1.82) is 0 Å². The molecule has 4 rings (SSSR count). The van der Waals surface area contributed by atoms with E-state index in [1.807, 2.05) is 18.2 Å². The predicted molar refractivity (Wildman–Crippen MR) is 116 cm³/mol. The molecule has 2 aromatic carbocycles. The zero-order valence-electron chi connectivity index (χ0n) is 16.9. The minimum absolute atomic E-state index is 0.151. The molecule has 1 aliphatic rings. The summed E-state index contributed by atoms with van der Waals surface area (Å²) in [5.41, 5.74) is 4.61. The van der Waals surface area contributed by atoms with E-state index in [1.54, 1.807) is 0 Å². The first-order chi connectivity index (χ1) is 12.6. The summed E-state index contributed by atoms with van der Waals surface area (Å²) in [6, 6.07) is 14.4. The number of aryl methyl sites for hydroxylation is 1.